The molecule has 1 unspecified atom stereocenters. The van der Waals surface area contributed by atoms with Crippen LogP contribution < -0.4 is 10.6 Å². The number of hydrogen-bond acceptors (Lipinski definition) is 3. The molecular weight excluding hydrogens is 216 g/mol. The largest absolute Gasteiger partial charge is 0.507 e. The second-order valence-corrected chi connectivity index (χ2v) is 4.96. The van der Waals surface area contributed by atoms with Crippen molar-refractivity contribution in [3.63, 3.8) is 0 Å². The van der Waals surface area contributed by atoms with E-state index in [1.54, 1.807) is 12.1 Å². The molecule has 17 heavy (non-hydrogen) atoms. The summed E-state index contributed by atoms with van der Waals surface area (Å²) in [5.74, 6) is -0.175. The van der Waals surface area contributed by atoms with Crippen LogP contribution in [0.15, 0.2) is 18.2 Å². The minimum absolute atomic E-state index is 0.0389. The summed E-state index contributed by atoms with van der Waals surface area (Å²) >= 11 is 0. The van der Waals surface area contributed by atoms with Crippen molar-refractivity contribution in [2.45, 2.75) is 25.8 Å². The summed E-state index contributed by atoms with van der Waals surface area (Å²) in [6.45, 7) is 5.57. The summed E-state index contributed by atoms with van der Waals surface area (Å²) in [7, 11) is 0. The molecule has 0 aliphatic carbocycles. The van der Waals surface area contributed by atoms with Crippen molar-refractivity contribution in [1.29, 1.82) is 0 Å². The molecule has 1 aromatic rings. The third-order valence-electron chi connectivity index (χ3n) is 3.18. The standard InChI is InChI=1S/C13H18N2O2/c1-9-3-4-10(11(16)7-9)12(17)15-13(2)5-6-14-8-13/h3-4,7,14,16H,5-6,8H2,1-2H3,(H,15,17). The zero-order valence-electron chi connectivity index (χ0n) is 10.2. The fourth-order valence-electron chi connectivity index (χ4n) is 2.10. The highest BCUT2D eigenvalue weighted by Gasteiger charge is 2.30. The topological polar surface area (TPSA) is 61.4 Å². The second-order valence-electron chi connectivity index (χ2n) is 4.96. The quantitative estimate of drug-likeness (QED) is 0.720. The number of aryl methyl sites for hydroxylation is 1. The molecule has 1 aliphatic heterocycles. The third-order valence-corrected chi connectivity index (χ3v) is 3.18. The van der Waals surface area contributed by atoms with Gasteiger partial charge in [-0.3, -0.25) is 4.79 Å². The monoisotopic (exact) mass is 234 g/mol. The van der Waals surface area contributed by atoms with Gasteiger partial charge in [-0.1, -0.05) is 6.07 Å². The summed E-state index contributed by atoms with van der Waals surface area (Å²) in [6, 6.07) is 5.08. The molecule has 92 valence electrons. The summed E-state index contributed by atoms with van der Waals surface area (Å²) in [6.07, 6.45) is 0.908. The van der Waals surface area contributed by atoms with Gasteiger partial charge in [-0.15, -0.1) is 0 Å². The Hall–Kier alpha value is -1.55. The van der Waals surface area contributed by atoms with Crippen molar-refractivity contribution in [2.24, 2.45) is 0 Å². The SMILES string of the molecule is Cc1ccc(C(=O)NC2(C)CCNC2)c(O)c1. The average Bonchev–Trinajstić information content (AvgIpc) is 2.64. The number of nitrogens with one attached hydrogen (secondary N) is 2. The Bertz CT molecular complexity index is 437. The lowest BCUT2D eigenvalue weighted by atomic mass is 10.0. The van der Waals surface area contributed by atoms with Crippen LogP contribution in [0, 0.1) is 6.92 Å². The average molecular weight is 234 g/mol. The molecule has 4 heteroatoms. The highest BCUT2D eigenvalue weighted by molar-refractivity contribution is 5.97. The van der Waals surface area contributed by atoms with Gasteiger partial charge < -0.3 is 15.7 Å². The fourth-order valence-corrected chi connectivity index (χ4v) is 2.10. The highest BCUT2D eigenvalue weighted by atomic mass is 16.3. The van der Waals surface area contributed by atoms with Gasteiger partial charge in [0.1, 0.15) is 5.75 Å². The van der Waals surface area contributed by atoms with Crippen LogP contribution >= 0.6 is 0 Å². The van der Waals surface area contributed by atoms with Crippen LogP contribution in [0.2, 0.25) is 0 Å². The Labute approximate surface area is 101 Å². The van der Waals surface area contributed by atoms with E-state index in [-0.39, 0.29) is 17.2 Å². The van der Waals surface area contributed by atoms with Gasteiger partial charge in [0, 0.05) is 6.54 Å². The fraction of sp³-hybridized carbons (Fsp3) is 0.462. The van der Waals surface area contributed by atoms with Crippen molar-refractivity contribution in [1.82, 2.24) is 10.6 Å². The Morgan fingerprint density at radius 3 is 2.88 bits per heavy atom. The Kier molecular flexibility index (Phi) is 3.07. The van der Waals surface area contributed by atoms with Crippen LogP contribution in [0.4, 0.5) is 0 Å². The van der Waals surface area contributed by atoms with Crippen molar-refractivity contribution in [3.05, 3.63) is 29.3 Å². The molecule has 3 N–H and O–H groups in total. The van der Waals surface area contributed by atoms with Crippen LogP contribution in [0.5, 0.6) is 5.75 Å². The molecule has 1 aliphatic rings. The third kappa shape index (κ3) is 2.58. The van der Waals surface area contributed by atoms with Crippen LogP contribution in [0.3, 0.4) is 0 Å². The first-order chi connectivity index (χ1) is 8.00. The van der Waals surface area contributed by atoms with Gasteiger partial charge in [0.25, 0.3) is 5.91 Å². The van der Waals surface area contributed by atoms with E-state index in [1.165, 1.54) is 0 Å². The van der Waals surface area contributed by atoms with Crippen molar-refractivity contribution >= 4 is 5.91 Å². The molecule has 1 aromatic carbocycles. The molecule has 1 heterocycles. The van der Waals surface area contributed by atoms with Crippen LogP contribution in [-0.2, 0) is 0 Å². The van der Waals surface area contributed by atoms with Gasteiger partial charge >= 0.3 is 0 Å². The Morgan fingerprint density at radius 1 is 1.53 bits per heavy atom. The van der Waals surface area contributed by atoms with E-state index in [2.05, 4.69) is 10.6 Å². The Balaban J connectivity index is 2.14. The maximum Gasteiger partial charge on any atom is 0.255 e. The summed E-state index contributed by atoms with van der Waals surface area (Å²) in [5, 5.41) is 15.9. The van der Waals surface area contributed by atoms with Gasteiger partial charge in [-0.25, -0.2) is 0 Å². The van der Waals surface area contributed by atoms with Crippen LogP contribution in [0.1, 0.15) is 29.3 Å². The predicted molar refractivity (Wildman–Crippen MR) is 66.2 cm³/mol. The first-order valence-electron chi connectivity index (χ1n) is 5.83. The first kappa shape index (κ1) is 11.9. The van der Waals surface area contributed by atoms with Gasteiger partial charge in [0.15, 0.2) is 0 Å². The van der Waals surface area contributed by atoms with E-state index in [1.807, 2.05) is 19.9 Å². The summed E-state index contributed by atoms with van der Waals surface area (Å²) < 4.78 is 0. The van der Waals surface area contributed by atoms with Crippen LogP contribution in [0.25, 0.3) is 0 Å². The molecule has 0 saturated carbocycles. The minimum atomic E-state index is -0.214. The van der Waals surface area contributed by atoms with E-state index in [9.17, 15) is 9.90 Å². The number of carbonyl (C=O) groups excluding carboxylic acids is 1. The predicted octanol–water partition coefficient (Wildman–Crippen LogP) is 1.18. The summed E-state index contributed by atoms with van der Waals surface area (Å²) in [5.41, 5.74) is 1.06. The smallest absolute Gasteiger partial charge is 0.255 e. The van der Waals surface area contributed by atoms with E-state index in [4.69, 9.17) is 0 Å². The van der Waals surface area contributed by atoms with Crippen molar-refractivity contribution in [3.8, 4) is 5.75 Å². The number of carbonyl (C=O) groups is 1. The lowest BCUT2D eigenvalue weighted by Crippen LogP contribution is -2.47. The lowest BCUT2D eigenvalue weighted by Gasteiger charge is -2.24. The molecule has 2 rings (SSSR count). The molecular formula is C13H18N2O2. The zero-order valence-corrected chi connectivity index (χ0v) is 10.2. The molecule has 1 amide bonds. The molecule has 0 radical (unpaired) electrons. The first-order valence-corrected chi connectivity index (χ1v) is 5.83. The maximum atomic E-state index is 12.0. The Morgan fingerprint density at radius 2 is 2.29 bits per heavy atom. The lowest BCUT2D eigenvalue weighted by molar-refractivity contribution is 0.0910. The highest BCUT2D eigenvalue weighted by Crippen LogP contribution is 2.20. The van der Waals surface area contributed by atoms with Gasteiger partial charge in [-0.2, -0.15) is 0 Å². The number of rotatable bonds is 2. The van der Waals surface area contributed by atoms with E-state index >= 15 is 0 Å². The van der Waals surface area contributed by atoms with E-state index in [0.29, 0.717) is 5.56 Å². The zero-order chi connectivity index (χ0) is 12.5. The summed E-state index contributed by atoms with van der Waals surface area (Å²) in [4.78, 5) is 12.0. The van der Waals surface area contributed by atoms with E-state index < -0.39 is 0 Å². The number of amides is 1. The van der Waals surface area contributed by atoms with Gasteiger partial charge in [0.2, 0.25) is 0 Å². The molecule has 1 saturated heterocycles. The second kappa shape index (κ2) is 4.37. The number of phenols is 1. The molecule has 0 aromatic heterocycles. The number of phenolic OH excluding ortho intramolecular Hbond substituents is 1. The van der Waals surface area contributed by atoms with Gasteiger partial charge in [-0.05, 0) is 44.5 Å². The molecule has 4 nitrogen and oxygen atoms in total. The van der Waals surface area contributed by atoms with Crippen LogP contribution in [-0.4, -0.2) is 29.6 Å². The minimum Gasteiger partial charge on any atom is -0.507 e. The molecule has 0 spiro atoms. The number of benzene rings is 1. The normalized spacial score (nSPS) is 23.6. The molecule has 1 fully saturated rings. The molecule has 0 bridgehead atoms. The molecule has 1 atom stereocenters. The van der Waals surface area contributed by atoms with E-state index in [0.717, 1.165) is 25.1 Å². The number of aromatic hydroxyl groups is 1. The maximum absolute atomic E-state index is 12.0. The van der Waals surface area contributed by atoms with Crippen molar-refractivity contribution < 1.29 is 9.90 Å². The number of hydrogen-bond donors (Lipinski definition) is 3. The van der Waals surface area contributed by atoms with Crippen molar-refractivity contribution in [2.75, 3.05) is 13.1 Å². The van der Waals surface area contributed by atoms with Gasteiger partial charge in [0.05, 0.1) is 11.1 Å².